The number of amides is 1. The maximum atomic E-state index is 12.5. The number of carbonyl (C=O) groups is 1. The lowest BCUT2D eigenvalue weighted by Gasteiger charge is -2.23. The molecule has 35 heavy (non-hydrogen) atoms. The van der Waals surface area contributed by atoms with Crippen molar-refractivity contribution in [2.75, 3.05) is 31.1 Å². The van der Waals surface area contributed by atoms with Gasteiger partial charge in [0.05, 0.1) is 6.04 Å². The van der Waals surface area contributed by atoms with Gasteiger partial charge >= 0.3 is 0 Å². The molecule has 7 heteroatoms. The number of aromatic nitrogens is 3. The fraction of sp³-hybridized carbons (Fsp3) is 0.464. The fourth-order valence-corrected chi connectivity index (χ4v) is 4.81. The van der Waals surface area contributed by atoms with Crippen molar-refractivity contribution in [2.45, 2.75) is 59.2 Å². The highest BCUT2D eigenvalue weighted by atomic mass is 16.1. The third kappa shape index (κ3) is 6.48. The highest BCUT2D eigenvalue weighted by Gasteiger charge is 2.23. The van der Waals surface area contributed by atoms with Crippen LogP contribution in [0.1, 0.15) is 56.0 Å². The number of fused-ring (bicyclic) bond motifs is 1. The number of hydrogen-bond acceptors (Lipinski definition) is 5. The molecule has 0 radical (unpaired) electrons. The summed E-state index contributed by atoms with van der Waals surface area (Å²) in [6.07, 6.45) is 2.07. The average molecular weight is 475 g/mol. The summed E-state index contributed by atoms with van der Waals surface area (Å²) in [5.41, 5.74) is 3.79. The van der Waals surface area contributed by atoms with Crippen LogP contribution in [0.5, 0.6) is 0 Å². The normalized spacial score (nSPS) is 14.7. The first-order chi connectivity index (χ1) is 17.1. The maximum Gasteiger partial charge on any atom is 0.220 e. The lowest BCUT2D eigenvalue weighted by Crippen LogP contribution is -2.30. The second-order valence-corrected chi connectivity index (χ2v) is 9.27. The highest BCUT2D eigenvalue weighted by Crippen LogP contribution is 2.19. The average Bonchev–Trinajstić information content (AvgIpc) is 3.19. The first kappa shape index (κ1) is 24.9. The van der Waals surface area contributed by atoms with Crippen molar-refractivity contribution >= 4 is 11.6 Å². The van der Waals surface area contributed by atoms with E-state index in [0.29, 0.717) is 6.42 Å². The second kappa shape index (κ2) is 12.0. The van der Waals surface area contributed by atoms with E-state index >= 15 is 0 Å². The Hall–Kier alpha value is -3.19. The number of carbonyl (C=O) groups excluding carboxylic acids is 1. The monoisotopic (exact) mass is 474 g/mol. The zero-order valence-electron chi connectivity index (χ0n) is 21.3. The van der Waals surface area contributed by atoms with Gasteiger partial charge in [-0.3, -0.25) is 9.69 Å². The van der Waals surface area contributed by atoms with E-state index in [1.165, 1.54) is 16.8 Å². The number of nitrogens with one attached hydrogen (secondary N) is 1. The molecule has 4 rings (SSSR count). The van der Waals surface area contributed by atoms with Crippen molar-refractivity contribution in [1.29, 1.82) is 0 Å². The highest BCUT2D eigenvalue weighted by molar-refractivity contribution is 5.76. The van der Waals surface area contributed by atoms with Gasteiger partial charge in [-0.05, 0) is 50.5 Å². The SMILES string of the molecule is CCN(CC)c1ccc(CN2CCc3nnc([C@H](C)NC(=O)CCc4ccccc4)n3CC2)cc1. The molecule has 0 saturated carbocycles. The Bertz CT molecular complexity index is 1070. The van der Waals surface area contributed by atoms with Crippen molar-refractivity contribution in [3.05, 3.63) is 77.4 Å². The predicted octanol–water partition coefficient (Wildman–Crippen LogP) is 3.99. The van der Waals surface area contributed by atoms with Gasteiger partial charge in [0.25, 0.3) is 0 Å². The van der Waals surface area contributed by atoms with Gasteiger partial charge in [0, 0.05) is 57.8 Å². The third-order valence-electron chi connectivity index (χ3n) is 6.87. The minimum Gasteiger partial charge on any atom is -0.372 e. The van der Waals surface area contributed by atoms with Gasteiger partial charge in [0.2, 0.25) is 5.91 Å². The Morgan fingerprint density at radius 2 is 1.71 bits per heavy atom. The van der Waals surface area contributed by atoms with E-state index in [9.17, 15) is 4.79 Å². The quantitative estimate of drug-likeness (QED) is 0.481. The third-order valence-corrected chi connectivity index (χ3v) is 6.87. The Labute approximate surface area is 209 Å². The van der Waals surface area contributed by atoms with E-state index < -0.39 is 0 Å². The number of nitrogens with zero attached hydrogens (tertiary/aromatic N) is 5. The van der Waals surface area contributed by atoms with Crippen LogP contribution < -0.4 is 10.2 Å². The maximum absolute atomic E-state index is 12.5. The Morgan fingerprint density at radius 3 is 2.43 bits per heavy atom. The summed E-state index contributed by atoms with van der Waals surface area (Å²) in [6, 6.07) is 18.9. The fourth-order valence-electron chi connectivity index (χ4n) is 4.81. The topological polar surface area (TPSA) is 66.3 Å². The van der Waals surface area contributed by atoms with Crippen LogP contribution in [-0.2, 0) is 30.7 Å². The molecule has 0 saturated heterocycles. The second-order valence-electron chi connectivity index (χ2n) is 9.27. The molecule has 1 aliphatic heterocycles. The smallest absolute Gasteiger partial charge is 0.220 e. The molecule has 1 amide bonds. The van der Waals surface area contributed by atoms with Crippen LogP contribution in [0.3, 0.4) is 0 Å². The summed E-state index contributed by atoms with van der Waals surface area (Å²) in [5, 5.41) is 12.0. The molecule has 7 nitrogen and oxygen atoms in total. The van der Waals surface area contributed by atoms with Crippen molar-refractivity contribution < 1.29 is 4.79 Å². The van der Waals surface area contributed by atoms with E-state index in [2.05, 4.69) is 80.1 Å². The first-order valence-corrected chi connectivity index (χ1v) is 12.9. The minimum atomic E-state index is -0.168. The van der Waals surface area contributed by atoms with Gasteiger partial charge < -0.3 is 14.8 Å². The number of anilines is 1. The molecule has 1 atom stereocenters. The lowest BCUT2D eigenvalue weighted by atomic mass is 10.1. The predicted molar refractivity (Wildman–Crippen MR) is 140 cm³/mol. The van der Waals surface area contributed by atoms with Crippen LogP contribution >= 0.6 is 0 Å². The van der Waals surface area contributed by atoms with Crippen LogP contribution in [0, 0.1) is 0 Å². The Balaban J connectivity index is 1.31. The first-order valence-electron chi connectivity index (χ1n) is 12.9. The summed E-state index contributed by atoms with van der Waals surface area (Å²) in [5.74, 6) is 1.89. The summed E-state index contributed by atoms with van der Waals surface area (Å²) in [7, 11) is 0. The summed E-state index contributed by atoms with van der Waals surface area (Å²) >= 11 is 0. The van der Waals surface area contributed by atoms with Gasteiger partial charge in [0.1, 0.15) is 5.82 Å². The van der Waals surface area contributed by atoms with Gasteiger partial charge in [-0.2, -0.15) is 0 Å². The Morgan fingerprint density at radius 1 is 0.971 bits per heavy atom. The minimum absolute atomic E-state index is 0.0436. The standard InChI is InChI=1S/C28H38N6O/c1-4-33(5-2)25-14-11-24(12-15-25)21-32-18-17-26-30-31-28(34(26)20-19-32)22(3)29-27(35)16-13-23-9-7-6-8-10-23/h6-12,14-15,22H,4-5,13,16-21H2,1-3H3,(H,29,35)/t22-/m0/s1. The lowest BCUT2D eigenvalue weighted by molar-refractivity contribution is -0.121. The van der Waals surface area contributed by atoms with Crippen molar-refractivity contribution in [1.82, 2.24) is 25.0 Å². The van der Waals surface area contributed by atoms with Gasteiger partial charge in [-0.15, -0.1) is 10.2 Å². The van der Waals surface area contributed by atoms with E-state index in [1.54, 1.807) is 0 Å². The molecule has 0 unspecified atom stereocenters. The van der Waals surface area contributed by atoms with Crippen LogP contribution in [0.15, 0.2) is 54.6 Å². The van der Waals surface area contributed by atoms with Crippen LogP contribution in [0.4, 0.5) is 5.69 Å². The van der Waals surface area contributed by atoms with Crippen LogP contribution in [0.2, 0.25) is 0 Å². The van der Waals surface area contributed by atoms with E-state index in [0.717, 1.165) is 63.8 Å². The number of benzene rings is 2. The van der Waals surface area contributed by atoms with Gasteiger partial charge in [-0.1, -0.05) is 42.5 Å². The van der Waals surface area contributed by atoms with E-state index in [-0.39, 0.29) is 11.9 Å². The molecule has 0 bridgehead atoms. The van der Waals surface area contributed by atoms with Crippen molar-refractivity contribution in [3.8, 4) is 0 Å². The molecule has 0 aliphatic carbocycles. The molecule has 1 aromatic heterocycles. The van der Waals surface area contributed by atoms with Gasteiger partial charge in [-0.25, -0.2) is 0 Å². The molecule has 186 valence electrons. The van der Waals surface area contributed by atoms with E-state index in [4.69, 9.17) is 0 Å². The van der Waals surface area contributed by atoms with E-state index in [1.807, 2.05) is 25.1 Å². The number of rotatable bonds is 10. The molecule has 1 aliphatic rings. The number of aryl methyl sites for hydroxylation is 1. The molecule has 3 aromatic rings. The molecular formula is C28H38N6O. The summed E-state index contributed by atoms with van der Waals surface area (Å²) in [4.78, 5) is 17.4. The van der Waals surface area contributed by atoms with Crippen LogP contribution in [-0.4, -0.2) is 51.8 Å². The van der Waals surface area contributed by atoms with Gasteiger partial charge in [0.15, 0.2) is 5.82 Å². The molecule has 0 spiro atoms. The zero-order chi connectivity index (χ0) is 24.6. The molecular weight excluding hydrogens is 436 g/mol. The zero-order valence-corrected chi connectivity index (χ0v) is 21.3. The van der Waals surface area contributed by atoms with Crippen molar-refractivity contribution in [3.63, 3.8) is 0 Å². The van der Waals surface area contributed by atoms with Crippen LogP contribution in [0.25, 0.3) is 0 Å². The Kier molecular flexibility index (Phi) is 8.53. The molecule has 2 heterocycles. The molecule has 0 fully saturated rings. The molecule has 1 N–H and O–H groups in total. The summed E-state index contributed by atoms with van der Waals surface area (Å²) in [6.45, 7) is 12.1. The largest absolute Gasteiger partial charge is 0.372 e. The molecule has 2 aromatic carbocycles. The summed E-state index contributed by atoms with van der Waals surface area (Å²) < 4.78 is 2.20. The number of hydrogen-bond donors (Lipinski definition) is 1. The van der Waals surface area contributed by atoms with Crippen molar-refractivity contribution in [2.24, 2.45) is 0 Å².